The molecule has 152 valence electrons. The van der Waals surface area contributed by atoms with Gasteiger partial charge in [0.2, 0.25) is 5.91 Å². The lowest BCUT2D eigenvalue weighted by Gasteiger charge is -2.10. The summed E-state index contributed by atoms with van der Waals surface area (Å²) in [5.74, 6) is -1.82. The molecule has 0 aliphatic rings. The van der Waals surface area contributed by atoms with Gasteiger partial charge in [0.15, 0.2) is 0 Å². The number of fused-ring (bicyclic) bond motifs is 1. The van der Waals surface area contributed by atoms with E-state index in [0.29, 0.717) is 15.6 Å². The highest BCUT2D eigenvalue weighted by atomic mass is 35.5. The van der Waals surface area contributed by atoms with E-state index >= 15 is 0 Å². The summed E-state index contributed by atoms with van der Waals surface area (Å²) < 4.78 is 15.8. The summed E-state index contributed by atoms with van der Waals surface area (Å²) in [5.41, 5.74) is 7.09. The molecule has 0 atom stereocenters. The number of primary amides is 1. The van der Waals surface area contributed by atoms with Gasteiger partial charge < -0.3 is 11.1 Å². The summed E-state index contributed by atoms with van der Waals surface area (Å²) in [6.45, 7) is 3.36. The summed E-state index contributed by atoms with van der Waals surface area (Å²) in [6.07, 6.45) is 0. The van der Waals surface area contributed by atoms with Gasteiger partial charge in [0.05, 0.1) is 21.3 Å². The van der Waals surface area contributed by atoms with Crippen LogP contribution >= 0.6 is 22.9 Å². The van der Waals surface area contributed by atoms with E-state index in [1.54, 1.807) is 16.8 Å². The maximum absolute atomic E-state index is 14.1. The van der Waals surface area contributed by atoms with E-state index in [2.05, 4.69) is 10.4 Å². The Hall–Kier alpha value is -3.23. The molecule has 0 unspecified atom stereocenters. The van der Waals surface area contributed by atoms with E-state index in [0.717, 1.165) is 22.0 Å². The van der Waals surface area contributed by atoms with Crippen molar-refractivity contribution >= 4 is 50.7 Å². The number of halogens is 2. The Balaban J connectivity index is 1.73. The van der Waals surface area contributed by atoms with Crippen molar-refractivity contribution in [1.29, 1.82) is 0 Å². The van der Waals surface area contributed by atoms with E-state index in [1.807, 2.05) is 25.1 Å². The lowest BCUT2D eigenvalue weighted by Crippen LogP contribution is -2.15. The van der Waals surface area contributed by atoms with Gasteiger partial charge in [0, 0.05) is 22.2 Å². The highest BCUT2D eigenvalue weighted by Crippen LogP contribution is 2.33. The first-order valence-electron chi connectivity index (χ1n) is 8.91. The predicted octanol–water partition coefficient (Wildman–Crippen LogP) is 4.85. The number of amides is 2. The zero-order valence-electron chi connectivity index (χ0n) is 16.0. The van der Waals surface area contributed by atoms with Crippen molar-refractivity contribution < 1.29 is 14.0 Å². The molecule has 4 rings (SSSR count). The summed E-state index contributed by atoms with van der Waals surface area (Å²) in [6, 6.07) is 11.4. The smallest absolute Gasteiger partial charge is 0.265 e. The Labute approximate surface area is 180 Å². The Bertz CT molecular complexity index is 1330. The number of hydrogen-bond donors (Lipinski definition) is 2. The first-order chi connectivity index (χ1) is 14.3. The van der Waals surface area contributed by atoms with Gasteiger partial charge >= 0.3 is 0 Å². The lowest BCUT2D eigenvalue weighted by molar-refractivity contribution is 0.0996. The number of aryl methyl sites for hydroxylation is 1. The number of rotatable bonds is 4. The maximum Gasteiger partial charge on any atom is 0.265 e. The fraction of sp³-hybridized carbons (Fsp3) is 0.0952. The van der Waals surface area contributed by atoms with Crippen LogP contribution in [0, 0.1) is 19.7 Å². The molecule has 0 aliphatic heterocycles. The lowest BCUT2D eigenvalue weighted by atomic mass is 10.1. The Morgan fingerprint density at radius 3 is 2.63 bits per heavy atom. The van der Waals surface area contributed by atoms with Crippen LogP contribution in [0.1, 0.15) is 31.3 Å². The molecule has 9 heteroatoms. The molecule has 0 saturated heterocycles. The van der Waals surface area contributed by atoms with Crippen molar-refractivity contribution in [2.75, 3.05) is 5.32 Å². The molecule has 2 aromatic heterocycles. The number of anilines is 1. The zero-order chi connectivity index (χ0) is 21.6. The molecular weight excluding hydrogens is 427 g/mol. The monoisotopic (exact) mass is 442 g/mol. The number of carbonyl (C=O) groups excluding carboxylic acids is 2. The third-order valence-corrected chi connectivity index (χ3v) is 6.16. The fourth-order valence-electron chi connectivity index (χ4n) is 3.08. The van der Waals surface area contributed by atoms with Crippen LogP contribution < -0.4 is 11.1 Å². The second-order valence-corrected chi connectivity index (χ2v) is 8.16. The van der Waals surface area contributed by atoms with Crippen LogP contribution in [0.4, 0.5) is 10.1 Å². The van der Waals surface area contributed by atoms with Gasteiger partial charge in [-0.15, -0.1) is 11.3 Å². The number of para-hydroxylation sites is 1. The molecule has 0 radical (unpaired) electrons. The molecule has 0 fully saturated rings. The molecule has 3 N–H and O–H groups in total. The Morgan fingerprint density at radius 2 is 1.93 bits per heavy atom. The molecular formula is C21H16ClFN4O2S. The summed E-state index contributed by atoms with van der Waals surface area (Å²) in [4.78, 5) is 25.5. The maximum atomic E-state index is 14.1. The van der Waals surface area contributed by atoms with Gasteiger partial charge in [-0.25, -0.2) is 9.07 Å². The standard InChI is InChI=1S/C21H16ClFN4O2S/c1-10-15(23)7-12(19(24)28)8-16(10)25-20(29)18-9-13-11(2)26-27(21(13)30-18)17-6-4-3-5-14(17)22/h3-9H,1-2H3,(H2,24,28)(H,25,29). The van der Waals surface area contributed by atoms with Crippen molar-refractivity contribution in [3.63, 3.8) is 0 Å². The SMILES string of the molecule is Cc1c(F)cc(C(N)=O)cc1NC(=O)c1cc2c(C)nn(-c3ccccc3Cl)c2s1. The van der Waals surface area contributed by atoms with Crippen molar-refractivity contribution in [3.8, 4) is 5.69 Å². The molecule has 2 amide bonds. The van der Waals surface area contributed by atoms with E-state index in [1.165, 1.54) is 24.3 Å². The molecule has 0 bridgehead atoms. The van der Waals surface area contributed by atoms with Gasteiger partial charge in [0.25, 0.3) is 5.91 Å². The Morgan fingerprint density at radius 1 is 1.20 bits per heavy atom. The molecule has 0 saturated carbocycles. The highest BCUT2D eigenvalue weighted by molar-refractivity contribution is 7.20. The number of thiophene rings is 1. The van der Waals surface area contributed by atoms with Gasteiger partial charge in [0.1, 0.15) is 10.6 Å². The first-order valence-corrected chi connectivity index (χ1v) is 10.1. The van der Waals surface area contributed by atoms with Crippen LogP contribution in [-0.2, 0) is 0 Å². The molecule has 30 heavy (non-hydrogen) atoms. The van der Waals surface area contributed by atoms with Crippen LogP contribution in [0.3, 0.4) is 0 Å². The average Bonchev–Trinajstić information content (AvgIpc) is 3.26. The van der Waals surface area contributed by atoms with E-state index in [4.69, 9.17) is 17.3 Å². The third kappa shape index (κ3) is 3.44. The summed E-state index contributed by atoms with van der Waals surface area (Å²) in [7, 11) is 0. The molecule has 0 aliphatic carbocycles. The minimum absolute atomic E-state index is 0.0186. The fourth-order valence-corrected chi connectivity index (χ4v) is 4.37. The average molecular weight is 443 g/mol. The molecule has 6 nitrogen and oxygen atoms in total. The number of hydrogen-bond acceptors (Lipinski definition) is 4. The number of nitrogens with one attached hydrogen (secondary N) is 1. The number of benzene rings is 2. The minimum Gasteiger partial charge on any atom is -0.366 e. The number of nitrogens with zero attached hydrogens (tertiary/aromatic N) is 2. The first kappa shape index (κ1) is 20.1. The third-order valence-electron chi connectivity index (χ3n) is 4.73. The number of nitrogens with two attached hydrogens (primary N) is 1. The molecule has 0 spiro atoms. The highest BCUT2D eigenvalue weighted by Gasteiger charge is 2.20. The van der Waals surface area contributed by atoms with E-state index in [9.17, 15) is 14.0 Å². The van der Waals surface area contributed by atoms with E-state index in [-0.39, 0.29) is 16.8 Å². The quantitative estimate of drug-likeness (QED) is 0.473. The van der Waals surface area contributed by atoms with Crippen LogP contribution in [0.2, 0.25) is 5.02 Å². The van der Waals surface area contributed by atoms with Gasteiger partial charge in [-0.3, -0.25) is 9.59 Å². The second-order valence-electron chi connectivity index (χ2n) is 6.73. The van der Waals surface area contributed by atoms with Gasteiger partial charge in [-0.1, -0.05) is 23.7 Å². The molecule has 2 heterocycles. The van der Waals surface area contributed by atoms with E-state index < -0.39 is 17.6 Å². The van der Waals surface area contributed by atoms with Crippen molar-refractivity contribution in [3.05, 3.63) is 75.0 Å². The van der Waals surface area contributed by atoms with Crippen molar-refractivity contribution in [2.24, 2.45) is 5.73 Å². The van der Waals surface area contributed by atoms with Crippen LogP contribution in [-0.4, -0.2) is 21.6 Å². The molecule has 4 aromatic rings. The van der Waals surface area contributed by atoms with Crippen LogP contribution in [0.25, 0.3) is 15.9 Å². The topological polar surface area (TPSA) is 90.0 Å². The van der Waals surface area contributed by atoms with Crippen LogP contribution in [0.5, 0.6) is 0 Å². The number of carbonyl (C=O) groups is 2. The van der Waals surface area contributed by atoms with Crippen LogP contribution in [0.15, 0.2) is 42.5 Å². The zero-order valence-corrected chi connectivity index (χ0v) is 17.6. The minimum atomic E-state index is -0.776. The molecule has 2 aromatic carbocycles. The Kier molecular flexibility index (Phi) is 5.05. The summed E-state index contributed by atoms with van der Waals surface area (Å²) >= 11 is 7.55. The largest absolute Gasteiger partial charge is 0.366 e. The van der Waals surface area contributed by atoms with Gasteiger partial charge in [-0.05, 0) is 44.2 Å². The van der Waals surface area contributed by atoms with Gasteiger partial charge in [-0.2, -0.15) is 5.10 Å². The summed E-state index contributed by atoms with van der Waals surface area (Å²) in [5, 5.41) is 8.56. The normalized spacial score (nSPS) is 11.1. The van der Waals surface area contributed by atoms with Crippen molar-refractivity contribution in [2.45, 2.75) is 13.8 Å². The van der Waals surface area contributed by atoms with Crippen molar-refractivity contribution in [1.82, 2.24) is 9.78 Å². The predicted molar refractivity (Wildman–Crippen MR) is 116 cm³/mol. The second kappa shape index (κ2) is 7.55. The number of aromatic nitrogens is 2.